The third-order valence-electron chi connectivity index (χ3n) is 4.17. The molecule has 1 heterocycles. The molecule has 0 bridgehead atoms. The van der Waals surface area contributed by atoms with Gasteiger partial charge in [-0.2, -0.15) is 0 Å². The molecule has 0 unspecified atom stereocenters. The molecule has 1 aliphatic heterocycles. The van der Waals surface area contributed by atoms with Crippen LogP contribution in [-0.4, -0.2) is 42.9 Å². The Morgan fingerprint density at radius 3 is 2.36 bits per heavy atom. The first-order chi connectivity index (χ1) is 12.1. The number of hydrogen-bond donors (Lipinski definition) is 1. The Labute approximate surface area is 152 Å². The Morgan fingerprint density at radius 1 is 0.960 bits per heavy atom. The maximum atomic E-state index is 12.3. The minimum Gasteiger partial charge on any atom is -0.368 e. The zero-order valence-electron chi connectivity index (χ0n) is 13.8. The van der Waals surface area contributed by atoms with E-state index in [4.69, 9.17) is 11.6 Å². The number of nitrogens with one attached hydrogen (secondary N) is 1. The van der Waals surface area contributed by atoms with Crippen LogP contribution in [0.2, 0.25) is 5.02 Å². The molecular formula is C19H20ClN3O2. The van der Waals surface area contributed by atoms with E-state index in [0.29, 0.717) is 23.8 Å². The molecule has 3 rings (SSSR count). The molecule has 1 aliphatic rings. The van der Waals surface area contributed by atoms with Crippen LogP contribution >= 0.6 is 11.6 Å². The minimum absolute atomic E-state index is 0.146. The van der Waals surface area contributed by atoms with E-state index in [-0.39, 0.29) is 18.2 Å². The smallest absolute Gasteiger partial charge is 0.233 e. The van der Waals surface area contributed by atoms with Crippen LogP contribution in [-0.2, 0) is 9.59 Å². The van der Waals surface area contributed by atoms with Gasteiger partial charge in [-0.05, 0) is 30.3 Å². The average Bonchev–Trinajstić information content (AvgIpc) is 2.62. The number of para-hydroxylation sites is 1. The first-order valence-electron chi connectivity index (χ1n) is 8.25. The number of amides is 2. The monoisotopic (exact) mass is 357 g/mol. The zero-order valence-corrected chi connectivity index (χ0v) is 14.6. The van der Waals surface area contributed by atoms with Gasteiger partial charge >= 0.3 is 0 Å². The lowest BCUT2D eigenvalue weighted by atomic mass is 10.2. The molecule has 0 radical (unpaired) electrons. The summed E-state index contributed by atoms with van der Waals surface area (Å²) >= 11 is 5.89. The van der Waals surface area contributed by atoms with E-state index in [0.717, 1.165) is 18.8 Å². The van der Waals surface area contributed by atoms with E-state index < -0.39 is 0 Å². The van der Waals surface area contributed by atoms with Gasteiger partial charge in [0.2, 0.25) is 11.8 Å². The number of carbonyl (C=O) groups is 2. The molecule has 0 atom stereocenters. The third-order valence-corrected chi connectivity index (χ3v) is 4.41. The second kappa shape index (κ2) is 8.03. The Kier molecular flexibility index (Phi) is 5.56. The highest BCUT2D eigenvalue weighted by atomic mass is 35.5. The molecule has 130 valence electrons. The van der Waals surface area contributed by atoms with E-state index in [1.807, 2.05) is 18.2 Å². The quantitative estimate of drug-likeness (QED) is 0.856. The second-order valence-electron chi connectivity index (χ2n) is 5.94. The van der Waals surface area contributed by atoms with Crippen LogP contribution in [0.1, 0.15) is 6.42 Å². The number of benzene rings is 2. The molecular weight excluding hydrogens is 338 g/mol. The molecule has 1 N–H and O–H groups in total. The van der Waals surface area contributed by atoms with Gasteiger partial charge < -0.3 is 15.1 Å². The minimum atomic E-state index is -0.322. The lowest BCUT2D eigenvalue weighted by Crippen LogP contribution is -2.49. The van der Waals surface area contributed by atoms with Gasteiger partial charge in [0, 0.05) is 42.6 Å². The van der Waals surface area contributed by atoms with Crippen molar-refractivity contribution in [3.8, 4) is 0 Å². The summed E-state index contributed by atoms with van der Waals surface area (Å²) in [5.74, 6) is -0.468. The van der Waals surface area contributed by atoms with Gasteiger partial charge in [0.25, 0.3) is 0 Å². The number of anilines is 2. The summed E-state index contributed by atoms with van der Waals surface area (Å²) in [5.41, 5.74) is 1.76. The standard InChI is InChI=1S/C19H20ClN3O2/c20-15-5-4-6-16(13-15)21-18(24)14-19(25)23-11-9-22(10-12-23)17-7-2-1-3-8-17/h1-8,13H,9-12,14H2,(H,21,24). The van der Waals surface area contributed by atoms with E-state index >= 15 is 0 Å². The highest BCUT2D eigenvalue weighted by molar-refractivity contribution is 6.30. The van der Waals surface area contributed by atoms with Crippen molar-refractivity contribution in [3.63, 3.8) is 0 Å². The van der Waals surface area contributed by atoms with Crippen molar-refractivity contribution in [2.45, 2.75) is 6.42 Å². The van der Waals surface area contributed by atoms with Crippen LogP contribution in [0.4, 0.5) is 11.4 Å². The van der Waals surface area contributed by atoms with Crippen LogP contribution in [0.5, 0.6) is 0 Å². The van der Waals surface area contributed by atoms with Crippen molar-refractivity contribution in [1.29, 1.82) is 0 Å². The van der Waals surface area contributed by atoms with Crippen molar-refractivity contribution in [1.82, 2.24) is 4.90 Å². The summed E-state index contributed by atoms with van der Waals surface area (Å²) in [4.78, 5) is 28.4. The predicted molar refractivity (Wildman–Crippen MR) is 99.9 cm³/mol. The summed E-state index contributed by atoms with van der Waals surface area (Å²) in [6, 6.07) is 17.0. The van der Waals surface area contributed by atoms with Crippen LogP contribution < -0.4 is 10.2 Å². The molecule has 1 saturated heterocycles. The Balaban J connectivity index is 1.48. The number of carbonyl (C=O) groups excluding carboxylic acids is 2. The normalized spacial score (nSPS) is 14.3. The Hall–Kier alpha value is -2.53. The third kappa shape index (κ3) is 4.73. The van der Waals surface area contributed by atoms with Crippen molar-refractivity contribution in [2.75, 3.05) is 36.4 Å². The van der Waals surface area contributed by atoms with Crippen molar-refractivity contribution >= 4 is 34.8 Å². The number of hydrogen-bond acceptors (Lipinski definition) is 3. The molecule has 2 aromatic carbocycles. The number of rotatable bonds is 4. The summed E-state index contributed by atoms with van der Waals surface area (Å²) in [6.45, 7) is 2.79. The van der Waals surface area contributed by atoms with E-state index in [1.54, 1.807) is 29.2 Å². The van der Waals surface area contributed by atoms with Gasteiger partial charge in [-0.1, -0.05) is 35.9 Å². The van der Waals surface area contributed by atoms with Gasteiger partial charge in [-0.15, -0.1) is 0 Å². The van der Waals surface area contributed by atoms with Gasteiger partial charge in [0.05, 0.1) is 0 Å². The summed E-state index contributed by atoms with van der Waals surface area (Å²) < 4.78 is 0. The maximum Gasteiger partial charge on any atom is 0.233 e. The molecule has 0 aliphatic carbocycles. The summed E-state index contributed by atoms with van der Waals surface area (Å²) in [5, 5.41) is 3.25. The van der Waals surface area contributed by atoms with E-state index in [9.17, 15) is 9.59 Å². The first kappa shape index (κ1) is 17.3. The van der Waals surface area contributed by atoms with Gasteiger partial charge in [0.1, 0.15) is 6.42 Å². The average molecular weight is 358 g/mol. The van der Waals surface area contributed by atoms with Crippen LogP contribution in [0.25, 0.3) is 0 Å². The molecule has 25 heavy (non-hydrogen) atoms. The van der Waals surface area contributed by atoms with E-state index in [2.05, 4.69) is 22.3 Å². The highest BCUT2D eigenvalue weighted by Gasteiger charge is 2.22. The number of piperazine rings is 1. The molecule has 2 aromatic rings. The predicted octanol–water partition coefficient (Wildman–Crippen LogP) is 3.02. The van der Waals surface area contributed by atoms with Gasteiger partial charge in [-0.25, -0.2) is 0 Å². The molecule has 0 spiro atoms. The topological polar surface area (TPSA) is 52.7 Å². The summed E-state index contributed by atoms with van der Waals surface area (Å²) in [6.07, 6.45) is -0.155. The summed E-state index contributed by atoms with van der Waals surface area (Å²) in [7, 11) is 0. The molecule has 0 saturated carbocycles. The molecule has 1 fully saturated rings. The number of halogens is 1. The van der Waals surface area contributed by atoms with Crippen LogP contribution in [0.15, 0.2) is 54.6 Å². The van der Waals surface area contributed by atoms with Gasteiger partial charge in [-0.3, -0.25) is 9.59 Å². The van der Waals surface area contributed by atoms with Crippen molar-refractivity contribution in [2.24, 2.45) is 0 Å². The first-order valence-corrected chi connectivity index (χ1v) is 8.63. The fourth-order valence-corrected chi connectivity index (χ4v) is 3.06. The van der Waals surface area contributed by atoms with Crippen molar-refractivity contribution in [3.05, 3.63) is 59.6 Å². The molecule has 0 aromatic heterocycles. The lowest BCUT2D eigenvalue weighted by molar-refractivity contribution is -0.134. The largest absolute Gasteiger partial charge is 0.368 e. The lowest BCUT2D eigenvalue weighted by Gasteiger charge is -2.36. The van der Waals surface area contributed by atoms with Crippen molar-refractivity contribution < 1.29 is 9.59 Å². The van der Waals surface area contributed by atoms with E-state index in [1.165, 1.54) is 0 Å². The zero-order chi connectivity index (χ0) is 17.6. The van der Waals surface area contributed by atoms with Gasteiger partial charge in [0.15, 0.2) is 0 Å². The maximum absolute atomic E-state index is 12.3. The Bertz CT molecular complexity index is 743. The number of nitrogens with zero attached hydrogens (tertiary/aromatic N) is 2. The Morgan fingerprint density at radius 2 is 1.68 bits per heavy atom. The van der Waals surface area contributed by atoms with Crippen LogP contribution in [0.3, 0.4) is 0 Å². The fourth-order valence-electron chi connectivity index (χ4n) is 2.87. The second-order valence-corrected chi connectivity index (χ2v) is 6.38. The van der Waals surface area contributed by atoms with Crippen LogP contribution in [0, 0.1) is 0 Å². The fraction of sp³-hybridized carbons (Fsp3) is 0.263. The molecule has 5 nitrogen and oxygen atoms in total. The SMILES string of the molecule is O=C(CC(=O)N1CCN(c2ccccc2)CC1)Nc1cccc(Cl)c1. The highest BCUT2D eigenvalue weighted by Crippen LogP contribution is 2.17. The molecule has 2 amide bonds. The molecule has 6 heteroatoms.